The van der Waals surface area contributed by atoms with E-state index >= 15 is 0 Å². The predicted molar refractivity (Wildman–Crippen MR) is 58.0 cm³/mol. The molecule has 3 nitrogen and oxygen atoms in total. The summed E-state index contributed by atoms with van der Waals surface area (Å²) in [6.07, 6.45) is 5.71. The van der Waals surface area contributed by atoms with E-state index in [0.29, 0.717) is 6.10 Å². The molecule has 1 unspecified atom stereocenters. The van der Waals surface area contributed by atoms with E-state index in [2.05, 4.69) is 0 Å². The Morgan fingerprint density at radius 1 is 1.67 bits per heavy atom. The van der Waals surface area contributed by atoms with Gasteiger partial charge in [0.15, 0.2) is 5.78 Å². The van der Waals surface area contributed by atoms with Gasteiger partial charge in [0.05, 0.1) is 11.8 Å². The molecule has 1 aliphatic heterocycles. The molecule has 2 rings (SSSR count). The lowest BCUT2D eigenvalue weighted by molar-refractivity contribution is 0.0967. The number of hydrogen-bond acceptors (Lipinski definition) is 2. The molecule has 1 atom stereocenters. The van der Waals surface area contributed by atoms with Gasteiger partial charge in [0.25, 0.3) is 0 Å². The Morgan fingerprint density at radius 2 is 2.53 bits per heavy atom. The number of carbonyl (C=O) groups excluding carboxylic acids is 1. The van der Waals surface area contributed by atoms with Crippen molar-refractivity contribution in [3.8, 4) is 0 Å². The van der Waals surface area contributed by atoms with Crippen molar-refractivity contribution in [1.29, 1.82) is 0 Å². The average molecular weight is 207 g/mol. The summed E-state index contributed by atoms with van der Waals surface area (Å²) in [5.74, 6) is 0.132. The van der Waals surface area contributed by atoms with Crippen molar-refractivity contribution >= 4 is 5.78 Å². The maximum atomic E-state index is 11.3. The maximum absolute atomic E-state index is 11.3. The van der Waals surface area contributed by atoms with Gasteiger partial charge in [0.1, 0.15) is 0 Å². The highest BCUT2D eigenvalue weighted by Gasteiger charge is 2.15. The van der Waals surface area contributed by atoms with Crippen LogP contribution in [0.4, 0.5) is 0 Å². The molecule has 1 aromatic heterocycles. The highest BCUT2D eigenvalue weighted by Crippen LogP contribution is 2.16. The summed E-state index contributed by atoms with van der Waals surface area (Å²) < 4.78 is 7.57. The molecular formula is C12H17NO2. The highest BCUT2D eigenvalue weighted by atomic mass is 16.5. The van der Waals surface area contributed by atoms with E-state index in [4.69, 9.17) is 4.74 Å². The van der Waals surface area contributed by atoms with Gasteiger partial charge in [-0.05, 0) is 31.4 Å². The van der Waals surface area contributed by atoms with E-state index in [0.717, 1.165) is 31.7 Å². The number of ketones is 1. The molecule has 0 spiro atoms. The van der Waals surface area contributed by atoms with Gasteiger partial charge in [-0.15, -0.1) is 0 Å². The van der Waals surface area contributed by atoms with Gasteiger partial charge in [0.2, 0.25) is 0 Å². The van der Waals surface area contributed by atoms with Gasteiger partial charge in [-0.1, -0.05) is 0 Å². The zero-order valence-corrected chi connectivity index (χ0v) is 9.11. The molecule has 15 heavy (non-hydrogen) atoms. The van der Waals surface area contributed by atoms with Crippen LogP contribution in [-0.2, 0) is 11.3 Å². The zero-order chi connectivity index (χ0) is 10.7. The van der Waals surface area contributed by atoms with Crippen LogP contribution in [0.1, 0.15) is 36.7 Å². The third-order valence-electron chi connectivity index (χ3n) is 2.91. The lowest BCUT2D eigenvalue weighted by Gasteiger charge is -2.11. The fourth-order valence-electron chi connectivity index (χ4n) is 2.08. The van der Waals surface area contributed by atoms with Crippen molar-refractivity contribution in [3.05, 3.63) is 24.0 Å². The molecule has 1 saturated heterocycles. The summed E-state index contributed by atoms with van der Waals surface area (Å²) >= 11 is 0. The number of ether oxygens (including phenoxy) is 1. The number of nitrogens with zero attached hydrogens (tertiary/aromatic N) is 1. The summed E-state index contributed by atoms with van der Waals surface area (Å²) in [5, 5.41) is 0. The number of rotatable bonds is 4. The van der Waals surface area contributed by atoms with E-state index in [1.54, 1.807) is 6.92 Å². The minimum absolute atomic E-state index is 0.132. The quantitative estimate of drug-likeness (QED) is 0.709. The Morgan fingerprint density at radius 3 is 3.20 bits per heavy atom. The highest BCUT2D eigenvalue weighted by molar-refractivity contribution is 5.92. The van der Waals surface area contributed by atoms with Crippen LogP contribution in [0, 0.1) is 0 Å². The summed E-state index contributed by atoms with van der Waals surface area (Å²) in [7, 11) is 0. The van der Waals surface area contributed by atoms with E-state index in [1.807, 2.05) is 22.9 Å². The van der Waals surface area contributed by atoms with Gasteiger partial charge in [-0.3, -0.25) is 4.79 Å². The van der Waals surface area contributed by atoms with Crippen LogP contribution in [0.25, 0.3) is 0 Å². The van der Waals surface area contributed by atoms with Crippen molar-refractivity contribution in [1.82, 2.24) is 4.57 Å². The molecule has 3 heteroatoms. The molecule has 0 bridgehead atoms. The molecule has 82 valence electrons. The van der Waals surface area contributed by atoms with Crippen LogP contribution in [0.15, 0.2) is 18.3 Å². The van der Waals surface area contributed by atoms with Crippen molar-refractivity contribution in [2.24, 2.45) is 0 Å². The molecule has 0 amide bonds. The van der Waals surface area contributed by atoms with Gasteiger partial charge in [-0.25, -0.2) is 0 Å². The van der Waals surface area contributed by atoms with Crippen LogP contribution in [-0.4, -0.2) is 23.1 Å². The normalized spacial score (nSPS) is 20.7. The van der Waals surface area contributed by atoms with Crippen molar-refractivity contribution in [2.75, 3.05) is 6.61 Å². The number of hydrogen-bond donors (Lipinski definition) is 0. The second-order valence-electron chi connectivity index (χ2n) is 4.07. The summed E-state index contributed by atoms with van der Waals surface area (Å²) in [4.78, 5) is 11.3. The third-order valence-corrected chi connectivity index (χ3v) is 2.91. The first kappa shape index (κ1) is 10.4. The Hall–Kier alpha value is -1.09. The number of aryl methyl sites for hydroxylation is 1. The van der Waals surface area contributed by atoms with Crippen LogP contribution in [0.5, 0.6) is 0 Å². The second-order valence-corrected chi connectivity index (χ2v) is 4.07. The third kappa shape index (κ3) is 2.48. The van der Waals surface area contributed by atoms with Crippen molar-refractivity contribution in [2.45, 2.75) is 38.8 Å². The molecule has 1 aromatic rings. The first-order chi connectivity index (χ1) is 7.27. The first-order valence-corrected chi connectivity index (χ1v) is 5.55. The van der Waals surface area contributed by atoms with Crippen LogP contribution in [0.2, 0.25) is 0 Å². The Labute approximate surface area is 90.0 Å². The summed E-state index contributed by atoms with van der Waals surface area (Å²) in [6.45, 7) is 3.39. The molecule has 1 fully saturated rings. The summed E-state index contributed by atoms with van der Waals surface area (Å²) in [5.41, 5.74) is 0.799. The molecule has 0 N–H and O–H groups in total. The Bertz CT molecular complexity index is 337. The minimum Gasteiger partial charge on any atom is -0.378 e. The van der Waals surface area contributed by atoms with Crippen LogP contribution in [0.3, 0.4) is 0 Å². The average Bonchev–Trinajstić information content (AvgIpc) is 2.86. The summed E-state index contributed by atoms with van der Waals surface area (Å²) in [6, 6.07) is 3.80. The van der Waals surface area contributed by atoms with E-state index in [-0.39, 0.29) is 5.78 Å². The van der Waals surface area contributed by atoms with Gasteiger partial charge in [-0.2, -0.15) is 0 Å². The molecule has 0 aromatic carbocycles. The van der Waals surface area contributed by atoms with Gasteiger partial charge >= 0.3 is 0 Å². The molecule has 0 saturated carbocycles. The number of aromatic nitrogens is 1. The van der Waals surface area contributed by atoms with Crippen molar-refractivity contribution in [3.63, 3.8) is 0 Å². The number of carbonyl (C=O) groups is 1. The van der Waals surface area contributed by atoms with Crippen LogP contribution < -0.4 is 0 Å². The van der Waals surface area contributed by atoms with E-state index in [9.17, 15) is 4.79 Å². The smallest absolute Gasteiger partial charge is 0.176 e. The SMILES string of the molecule is CC(=O)c1cccn1CCC1CCCO1. The largest absolute Gasteiger partial charge is 0.378 e. The Balaban J connectivity index is 1.92. The lowest BCUT2D eigenvalue weighted by atomic mass is 10.2. The lowest BCUT2D eigenvalue weighted by Crippen LogP contribution is -2.12. The van der Waals surface area contributed by atoms with E-state index in [1.165, 1.54) is 6.42 Å². The topological polar surface area (TPSA) is 31.2 Å². The predicted octanol–water partition coefficient (Wildman–Crippen LogP) is 2.26. The van der Waals surface area contributed by atoms with Gasteiger partial charge < -0.3 is 9.30 Å². The maximum Gasteiger partial charge on any atom is 0.176 e. The molecule has 0 aliphatic carbocycles. The van der Waals surface area contributed by atoms with E-state index < -0.39 is 0 Å². The van der Waals surface area contributed by atoms with Crippen molar-refractivity contribution < 1.29 is 9.53 Å². The first-order valence-electron chi connectivity index (χ1n) is 5.55. The molecular weight excluding hydrogens is 190 g/mol. The minimum atomic E-state index is 0.132. The fraction of sp³-hybridized carbons (Fsp3) is 0.583. The monoisotopic (exact) mass is 207 g/mol. The fourth-order valence-corrected chi connectivity index (χ4v) is 2.08. The van der Waals surface area contributed by atoms with Crippen LogP contribution >= 0.6 is 0 Å². The molecule has 1 aliphatic rings. The second kappa shape index (κ2) is 4.62. The standard InChI is InChI=1S/C12H17NO2/c1-10(14)12-5-2-7-13(12)8-6-11-4-3-9-15-11/h2,5,7,11H,3-4,6,8-9H2,1H3. The molecule has 0 radical (unpaired) electrons. The molecule has 2 heterocycles. The Kier molecular flexibility index (Phi) is 3.21. The zero-order valence-electron chi connectivity index (χ0n) is 9.11. The van der Waals surface area contributed by atoms with Gasteiger partial charge in [0, 0.05) is 26.3 Å². The number of Topliss-reactive ketones (excluding diaryl/α,β-unsaturated/α-hetero) is 1.